The van der Waals surface area contributed by atoms with E-state index >= 15 is 0 Å². The zero-order valence-electron chi connectivity index (χ0n) is 11.6. The van der Waals surface area contributed by atoms with E-state index in [2.05, 4.69) is 15.9 Å². The van der Waals surface area contributed by atoms with Gasteiger partial charge in [0.1, 0.15) is 23.1 Å². The highest BCUT2D eigenvalue weighted by atomic mass is 79.9. The summed E-state index contributed by atoms with van der Waals surface area (Å²) in [5.74, 6) is 0.0831. The average molecular weight is 356 g/mol. The van der Waals surface area contributed by atoms with Gasteiger partial charge in [-0.3, -0.25) is 0 Å². The first-order valence-corrected chi connectivity index (χ1v) is 7.45. The second kappa shape index (κ2) is 7.00. The molecule has 2 aromatic carbocycles. The maximum absolute atomic E-state index is 13.5. The molecule has 2 N–H and O–H groups in total. The zero-order valence-corrected chi connectivity index (χ0v) is 13.2. The van der Waals surface area contributed by atoms with Gasteiger partial charge in [-0.15, -0.1) is 0 Å². The van der Waals surface area contributed by atoms with E-state index in [1.54, 1.807) is 12.1 Å². The quantitative estimate of drug-likeness (QED) is 0.835. The Morgan fingerprint density at radius 3 is 2.62 bits per heavy atom. The number of benzene rings is 2. The van der Waals surface area contributed by atoms with Gasteiger partial charge in [0.05, 0.1) is 4.47 Å². The van der Waals surface area contributed by atoms with Crippen molar-refractivity contribution in [1.82, 2.24) is 0 Å². The van der Waals surface area contributed by atoms with Crippen molar-refractivity contribution >= 4 is 15.9 Å². The van der Waals surface area contributed by atoms with Gasteiger partial charge in [0, 0.05) is 12.1 Å². The Bertz CT molecular complexity index is 634. The molecule has 0 fully saturated rings. The predicted molar refractivity (Wildman–Crippen MR) is 82.5 cm³/mol. The molecule has 2 nitrogen and oxygen atoms in total. The highest BCUT2D eigenvalue weighted by molar-refractivity contribution is 9.10. The fourth-order valence-corrected chi connectivity index (χ4v) is 2.15. The lowest BCUT2D eigenvalue weighted by Gasteiger charge is -2.14. The summed E-state index contributed by atoms with van der Waals surface area (Å²) in [4.78, 5) is 0. The Labute approximate surface area is 131 Å². The number of nitrogens with two attached hydrogens (primary N) is 1. The van der Waals surface area contributed by atoms with Gasteiger partial charge in [0.25, 0.3) is 0 Å². The molecule has 0 heterocycles. The molecule has 1 unspecified atom stereocenters. The molecule has 0 amide bonds. The van der Waals surface area contributed by atoms with E-state index in [1.807, 2.05) is 6.92 Å². The molecule has 0 saturated heterocycles. The van der Waals surface area contributed by atoms with E-state index in [0.29, 0.717) is 28.0 Å². The average Bonchev–Trinajstić information content (AvgIpc) is 2.45. The third kappa shape index (κ3) is 4.25. The van der Waals surface area contributed by atoms with E-state index < -0.39 is 5.82 Å². The molecule has 5 heteroatoms. The Morgan fingerprint density at radius 1 is 1.19 bits per heavy atom. The molecule has 0 radical (unpaired) electrons. The molecular weight excluding hydrogens is 340 g/mol. The monoisotopic (exact) mass is 355 g/mol. The number of rotatable bonds is 5. The Kier molecular flexibility index (Phi) is 5.31. The Balaban J connectivity index is 2.28. The van der Waals surface area contributed by atoms with Crippen molar-refractivity contribution < 1.29 is 13.5 Å². The lowest BCUT2D eigenvalue weighted by molar-refractivity contribution is 0.464. The third-order valence-corrected chi connectivity index (χ3v) is 3.79. The number of hydrogen-bond donors (Lipinski definition) is 1. The van der Waals surface area contributed by atoms with Crippen molar-refractivity contribution in [3.8, 4) is 11.5 Å². The van der Waals surface area contributed by atoms with Gasteiger partial charge in [-0.25, -0.2) is 8.78 Å². The molecule has 21 heavy (non-hydrogen) atoms. The zero-order chi connectivity index (χ0) is 15.4. The van der Waals surface area contributed by atoms with Gasteiger partial charge in [-0.1, -0.05) is 6.92 Å². The van der Waals surface area contributed by atoms with Crippen molar-refractivity contribution in [2.45, 2.75) is 25.8 Å². The lowest BCUT2D eigenvalue weighted by atomic mass is 10.0. The number of ether oxygens (including phenoxy) is 1. The summed E-state index contributed by atoms with van der Waals surface area (Å²) in [7, 11) is 0. The highest BCUT2D eigenvalue weighted by Crippen LogP contribution is 2.29. The standard InChI is InChI=1S/C16H16BrF2NO/c1-2-12(20)8-10-7-11(18)3-6-16(10)21-13-4-5-14(17)15(19)9-13/h3-7,9,12H,2,8,20H2,1H3. The maximum atomic E-state index is 13.5. The minimum Gasteiger partial charge on any atom is -0.457 e. The summed E-state index contributed by atoms with van der Waals surface area (Å²) >= 11 is 3.08. The molecule has 0 aliphatic carbocycles. The predicted octanol–water partition coefficient (Wildman–Crippen LogP) is 4.80. The summed E-state index contributed by atoms with van der Waals surface area (Å²) in [6.07, 6.45) is 1.28. The van der Waals surface area contributed by atoms with Crippen molar-refractivity contribution in [1.29, 1.82) is 0 Å². The van der Waals surface area contributed by atoms with Crippen LogP contribution < -0.4 is 10.5 Å². The first kappa shape index (κ1) is 15.9. The van der Waals surface area contributed by atoms with Gasteiger partial charge in [0.15, 0.2) is 0 Å². The van der Waals surface area contributed by atoms with Crippen molar-refractivity contribution in [3.05, 3.63) is 58.1 Å². The van der Waals surface area contributed by atoms with Crippen LogP contribution in [0.3, 0.4) is 0 Å². The van der Waals surface area contributed by atoms with Crippen LogP contribution in [-0.2, 0) is 6.42 Å². The van der Waals surface area contributed by atoms with Crippen molar-refractivity contribution in [3.63, 3.8) is 0 Å². The fourth-order valence-electron chi connectivity index (χ4n) is 1.90. The summed E-state index contributed by atoms with van der Waals surface area (Å²) in [5, 5.41) is 0. The number of halogens is 3. The topological polar surface area (TPSA) is 35.2 Å². The molecule has 0 bridgehead atoms. The molecular formula is C16H16BrF2NO. The molecule has 0 spiro atoms. The Morgan fingerprint density at radius 2 is 1.95 bits per heavy atom. The van der Waals surface area contributed by atoms with Crippen LogP contribution >= 0.6 is 15.9 Å². The van der Waals surface area contributed by atoms with E-state index in [1.165, 1.54) is 24.3 Å². The normalized spacial score (nSPS) is 12.2. The van der Waals surface area contributed by atoms with Crippen LogP contribution in [0, 0.1) is 11.6 Å². The van der Waals surface area contributed by atoms with Crippen LogP contribution in [0.4, 0.5) is 8.78 Å². The van der Waals surface area contributed by atoms with E-state index in [4.69, 9.17) is 10.5 Å². The van der Waals surface area contributed by atoms with Gasteiger partial charge in [0.2, 0.25) is 0 Å². The second-order valence-corrected chi connectivity index (χ2v) is 5.66. The maximum Gasteiger partial charge on any atom is 0.141 e. The van der Waals surface area contributed by atoms with Gasteiger partial charge in [-0.05, 0) is 64.7 Å². The van der Waals surface area contributed by atoms with Gasteiger partial charge >= 0.3 is 0 Å². The van der Waals surface area contributed by atoms with Crippen LogP contribution in [0.5, 0.6) is 11.5 Å². The first-order chi connectivity index (χ1) is 9.99. The van der Waals surface area contributed by atoms with E-state index in [-0.39, 0.29) is 11.9 Å². The van der Waals surface area contributed by atoms with Crippen LogP contribution in [0.25, 0.3) is 0 Å². The Hall–Kier alpha value is -1.46. The summed E-state index contributed by atoms with van der Waals surface area (Å²) in [5.41, 5.74) is 6.59. The van der Waals surface area contributed by atoms with Crippen molar-refractivity contribution in [2.24, 2.45) is 5.73 Å². The molecule has 2 aromatic rings. The molecule has 1 atom stereocenters. The third-order valence-electron chi connectivity index (χ3n) is 3.15. The molecule has 0 aromatic heterocycles. The van der Waals surface area contributed by atoms with Gasteiger partial charge < -0.3 is 10.5 Å². The van der Waals surface area contributed by atoms with Gasteiger partial charge in [-0.2, -0.15) is 0 Å². The summed E-state index contributed by atoms with van der Waals surface area (Å²) < 4.78 is 32.9. The second-order valence-electron chi connectivity index (χ2n) is 4.80. The van der Waals surface area contributed by atoms with E-state index in [9.17, 15) is 8.78 Å². The fraction of sp³-hybridized carbons (Fsp3) is 0.250. The molecule has 0 saturated carbocycles. The van der Waals surface area contributed by atoms with Crippen LogP contribution in [-0.4, -0.2) is 6.04 Å². The first-order valence-electron chi connectivity index (χ1n) is 6.66. The van der Waals surface area contributed by atoms with Crippen LogP contribution in [0.15, 0.2) is 40.9 Å². The smallest absolute Gasteiger partial charge is 0.141 e. The summed E-state index contributed by atoms with van der Waals surface area (Å²) in [6, 6.07) is 8.65. The highest BCUT2D eigenvalue weighted by Gasteiger charge is 2.11. The minimum absolute atomic E-state index is 0.0733. The van der Waals surface area contributed by atoms with Crippen LogP contribution in [0.1, 0.15) is 18.9 Å². The van der Waals surface area contributed by atoms with E-state index in [0.717, 1.165) is 6.42 Å². The van der Waals surface area contributed by atoms with Crippen LogP contribution in [0.2, 0.25) is 0 Å². The van der Waals surface area contributed by atoms with Crippen molar-refractivity contribution in [2.75, 3.05) is 0 Å². The molecule has 0 aliphatic rings. The largest absolute Gasteiger partial charge is 0.457 e. The summed E-state index contributed by atoms with van der Waals surface area (Å²) in [6.45, 7) is 1.97. The molecule has 2 rings (SSSR count). The molecule has 0 aliphatic heterocycles. The lowest BCUT2D eigenvalue weighted by Crippen LogP contribution is -2.21. The molecule has 112 valence electrons. The SMILES string of the molecule is CCC(N)Cc1cc(F)ccc1Oc1ccc(Br)c(F)c1. The number of hydrogen-bond acceptors (Lipinski definition) is 2. The minimum atomic E-state index is -0.415.